The van der Waals surface area contributed by atoms with Gasteiger partial charge in [-0.1, -0.05) is 18.2 Å². The number of rotatable bonds is 7. The summed E-state index contributed by atoms with van der Waals surface area (Å²) in [5.74, 6) is 1.09. The van der Waals surface area contributed by atoms with Crippen molar-refractivity contribution in [3.8, 4) is 23.3 Å². The summed E-state index contributed by atoms with van der Waals surface area (Å²) < 4.78 is 16.0. The van der Waals surface area contributed by atoms with Gasteiger partial charge < -0.3 is 19.5 Å². The minimum absolute atomic E-state index is 0.0571. The zero-order valence-corrected chi connectivity index (χ0v) is 14.9. The molecule has 0 fully saturated rings. The van der Waals surface area contributed by atoms with Crippen LogP contribution in [0.3, 0.4) is 0 Å². The zero-order valence-electron chi connectivity index (χ0n) is 14.9. The summed E-state index contributed by atoms with van der Waals surface area (Å²) in [6.07, 6.45) is 1.46. The van der Waals surface area contributed by atoms with Crippen LogP contribution in [0.2, 0.25) is 0 Å². The molecule has 2 rings (SSSR count). The van der Waals surface area contributed by atoms with Gasteiger partial charge in [0, 0.05) is 17.3 Å². The van der Waals surface area contributed by atoms with Crippen LogP contribution >= 0.6 is 0 Å². The molecule has 0 radical (unpaired) electrons. The lowest BCUT2D eigenvalue weighted by Crippen LogP contribution is -2.13. The van der Waals surface area contributed by atoms with E-state index in [9.17, 15) is 10.1 Å². The van der Waals surface area contributed by atoms with Crippen LogP contribution in [0.4, 0.5) is 5.69 Å². The summed E-state index contributed by atoms with van der Waals surface area (Å²) in [6, 6.07) is 14.1. The fourth-order valence-corrected chi connectivity index (χ4v) is 2.36. The van der Waals surface area contributed by atoms with Crippen molar-refractivity contribution in [3.05, 3.63) is 53.6 Å². The fourth-order valence-electron chi connectivity index (χ4n) is 2.36. The second-order valence-corrected chi connectivity index (χ2v) is 5.17. The van der Waals surface area contributed by atoms with E-state index in [1.165, 1.54) is 20.3 Å². The van der Waals surface area contributed by atoms with Crippen molar-refractivity contribution in [1.29, 1.82) is 5.26 Å². The molecule has 0 heterocycles. The average Bonchev–Trinajstić information content (AvgIpc) is 2.66. The van der Waals surface area contributed by atoms with Gasteiger partial charge in [0.2, 0.25) is 0 Å². The molecule has 0 bridgehead atoms. The number of nitriles is 1. The van der Waals surface area contributed by atoms with Gasteiger partial charge in [0.1, 0.15) is 17.4 Å². The Bertz CT molecular complexity index is 853. The van der Waals surface area contributed by atoms with E-state index in [1.54, 1.807) is 42.5 Å². The van der Waals surface area contributed by atoms with Crippen molar-refractivity contribution in [2.24, 2.45) is 0 Å². The van der Waals surface area contributed by atoms with Crippen molar-refractivity contribution < 1.29 is 19.0 Å². The molecule has 0 spiro atoms. The number of methoxy groups -OCH3 is 2. The van der Waals surface area contributed by atoms with Crippen molar-refractivity contribution in [2.45, 2.75) is 6.92 Å². The van der Waals surface area contributed by atoms with Gasteiger partial charge >= 0.3 is 0 Å². The maximum absolute atomic E-state index is 12.5. The number of amides is 1. The predicted molar refractivity (Wildman–Crippen MR) is 99.4 cm³/mol. The summed E-state index contributed by atoms with van der Waals surface area (Å²) in [5.41, 5.74) is 1.06. The van der Waals surface area contributed by atoms with Crippen LogP contribution < -0.4 is 19.5 Å². The number of benzene rings is 2. The number of anilines is 1. The standard InChI is InChI=1S/C20H20N2O4/c1-4-26-17-9-6-8-16(12-17)22-20(23)15(13-21)11-14-7-5-10-18(24-2)19(14)25-3/h5-12H,4H2,1-3H3,(H,22,23)/b15-11-. The molecule has 0 saturated carbocycles. The van der Waals surface area contributed by atoms with Gasteiger partial charge in [-0.2, -0.15) is 5.26 Å². The Labute approximate surface area is 152 Å². The molecule has 0 aromatic heterocycles. The molecular weight excluding hydrogens is 332 g/mol. The second kappa shape index (κ2) is 9.14. The highest BCUT2D eigenvalue weighted by molar-refractivity contribution is 6.10. The maximum Gasteiger partial charge on any atom is 0.266 e. The summed E-state index contributed by atoms with van der Waals surface area (Å²) in [4.78, 5) is 12.5. The van der Waals surface area contributed by atoms with Gasteiger partial charge in [0.25, 0.3) is 5.91 Å². The molecule has 0 aliphatic heterocycles. The van der Waals surface area contributed by atoms with Crippen LogP contribution in [0.1, 0.15) is 12.5 Å². The smallest absolute Gasteiger partial charge is 0.266 e. The van der Waals surface area contributed by atoms with Crippen LogP contribution in [0, 0.1) is 11.3 Å². The Morgan fingerprint density at radius 1 is 1.19 bits per heavy atom. The molecule has 0 aliphatic carbocycles. The van der Waals surface area contributed by atoms with Gasteiger partial charge in [0.05, 0.1) is 20.8 Å². The first-order valence-electron chi connectivity index (χ1n) is 8.00. The molecule has 26 heavy (non-hydrogen) atoms. The molecule has 1 N–H and O–H groups in total. The first-order chi connectivity index (χ1) is 12.6. The van der Waals surface area contributed by atoms with Crippen molar-refractivity contribution in [2.75, 3.05) is 26.1 Å². The molecule has 1 amide bonds. The molecular formula is C20H20N2O4. The monoisotopic (exact) mass is 352 g/mol. The molecule has 6 heteroatoms. The van der Waals surface area contributed by atoms with Gasteiger partial charge in [-0.05, 0) is 31.2 Å². The first-order valence-corrected chi connectivity index (χ1v) is 8.00. The third-order valence-corrected chi connectivity index (χ3v) is 3.50. The van der Waals surface area contributed by atoms with E-state index in [0.717, 1.165) is 0 Å². The highest BCUT2D eigenvalue weighted by atomic mass is 16.5. The number of para-hydroxylation sites is 1. The SMILES string of the molecule is CCOc1cccc(NC(=O)/C(C#N)=C\c2cccc(OC)c2OC)c1. The lowest BCUT2D eigenvalue weighted by molar-refractivity contribution is -0.112. The second-order valence-electron chi connectivity index (χ2n) is 5.17. The van der Waals surface area contributed by atoms with E-state index in [4.69, 9.17) is 14.2 Å². The van der Waals surface area contributed by atoms with E-state index >= 15 is 0 Å². The Hall–Kier alpha value is -3.46. The molecule has 134 valence electrons. The number of carbonyl (C=O) groups is 1. The van der Waals surface area contributed by atoms with Gasteiger partial charge in [-0.25, -0.2) is 0 Å². The van der Waals surface area contributed by atoms with Crippen LogP contribution in [0.15, 0.2) is 48.0 Å². The van der Waals surface area contributed by atoms with E-state index < -0.39 is 5.91 Å². The lowest BCUT2D eigenvalue weighted by Gasteiger charge is -2.11. The third kappa shape index (κ3) is 4.54. The zero-order chi connectivity index (χ0) is 18.9. The summed E-state index contributed by atoms with van der Waals surface area (Å²) in [7, 11) is 3.02. The number of hydrogen-bond acceptors (Lipinski definition) is 5. The molecule has 2 aromatic rings. The van der Waals surface area contributed by atoms with E-state index in [0.29, 0.717) is 35.1 Å². The van der Waals surface area contributed by atoms with E-state index in [1.807, 2.05) is 13.0 Å². The normalized spacial score (nSPS) is 10.6. The van der Waals surface area contributed by atoms with Crippen LogP contribution in [0.25, 0.3) is 6.08 Å². The van der Waals surface area contributed by atoms with Crippen LogP contribution in [-0.2, 0) is 4.79 Å². The molecule has 0 atom stereocenters. The third-order valence-electron chi connectivity index (χ3n) is 3.50. The molecule has 0 unspecified atom stereocenters. The summed E-state index contributed by atoms with van der Waals surface area (Å²) in [6.45, 7) is 2.40. The Balaban J connectivity index is 2.28. The number of nitrogens with zero attached hydrogens (tertiary/aromatic N) is 1. The predicted octanol–water partition coefficient (Wildman–Crippen LogP) is 3.65. The Morgan fingerprint density at radius 2 is 1.96 bits per heavy atom. The molecule has 6 nitrogen and oxygen atoms in total. The molecule has 0 aliphatic rings. The van der Waals surface area contributed by atoms with Gasteiger partial charge in [0.15, 0.2) is 11.5 Å². The quantitative estimate of drug-likeness (QED) is 0.608. The largest absolute Gasteiger partial charge is 0.494 e. The number of hydrogen-bond donors (Lipinski definition) is 1. The summed E-state index contributed by atoms with van der Waals surface area (Å²) >= 11 is 0. The highest BCUT2D eigenvalue weighted by Gasteiger charge is 2.13. The van der Waals surface area contributed by atoms with E-state index in [2.05, 4.69) is 5.32 Å². The minimum atomic E-state index is -0.522. The lowest BCUT2D eigenvalue weighted by atomic mass is 10.1. The van der Waals surface area contributed by atoms with E-state index in [-0.39, 0.29) is 5.57 Å². The maximum atomic E-state index is 12.5. The van der Waals surface area contributed by atoms with Crippen LogP contribution in [-0.4, -0.2) is 26.7 Å². The Morgan fingerprint density at radius 3 is 2.62 bits per heavy atom. The van der Waals surface area contributed by atoms with Gasteiger partial charge in [-0.3, -0.25) is 4.79 Å². The van der Waals surface area contributed by atoms with Crippen molar-refractivity contribution >= 4 is 17.7 Å². The van der Waals surface area contributed by atoms with Crippen molar-refractivity contribution in [3.63, 3.8) is 0 Å². The summed E-state index contributed by atoms with van der Waals surface area (Å²) in [5, 5.41) is 12.1. The molecule has 0 saturated heterocycles. The topological polar surface area (TPSA) is 80.6 Å². The fraction of sp³-hybridized carbons (Fsp3) is 0.200. The highest BCUT2D eigenvalue weighted by Crippen LogP contribution is 2.32. The number of ether oxygens (including phenoxy) is 3. The van der Waals surface area contributed by atoms with Gasteiger partial charge in [-0.15, -0.1) is 0 Å². The number of carbonyl (C=O) groups excluding carboxylic acids is 1. The number of nitrogens with one attached hydrogen (secondary N) is 1. The average molecular weight is 352 g/mol. The van der Waals surface area contributed by atoms with Crippen molar-refractivity contribution in [1.82, 2.24) is 0 Å². The first kappa shape index (κ1) is 18.9. The van der Waals surface area contributed by atoms with Crippen LogP contribution in [0.5, 0.6) is 17.2 Å². The minimum Gasteiger partial charge on any atom is -0.494 e. The molecule has 2 aromatic carbocycles. The Kier molecular flexibility index (Phi) is 6.63.